The van der Waals surface area contributed by atoms with Gasteiger partial charge in [-0.3, -0.25) is 0 Å². The van der Waals surface area contributed by atoms with Crippen molar-refractivity contribution in [2.24, 2.45) is 0 Å². The van der Waals surface area contributed by atoms with Gasteiger partial charge in [0.05, 0.1) is 0 Å². The molecule has 10 aromatic carbocycles. The maximum Gasteiger partial charge on any atom is -0.000762 e. The second-order valence-electron chi connectivity index (χ2n) is 13.2. The van der Waals surface area contributed by atoms with E-state index in [1.165, 1.54) is 109 Å². The zero-order valence-electron chi connectivity index (χ0n) is 26.2. The van der Waals surface area contributed by atoms with E-state index in [1.807, 2.05) is 0 Å². The summed E-state index contributed by atoms with van der Waals surface area (Å²) in [6, 6.07) is 63.2. The zero-order valence-corrected chi connectivity index (χ0v) is 26.2. The lowest BCUT2D eigenvalue weighted by Gasteiger charge is -2.17. The summed E-state index contributed by atoms with van der Waals surface area (Å²) in [5, 5.41) is 15.7. The van der Waals surface area contributed by atoms with Crippen molar-refractivity contribution in [1.29, 1.82) is 0 Å². The predicted molar refractivity (Wildman–Crippen MR) is 207 cm³/mol. The lowest BCUT2D eigenvalue weighted by Crippen LogP contribution is -1.89. The summed E-state index contributed by atoms with van der Waals surface area (Å²) in [7, 11) is 0. The van der Waals surface area contributed by atoms with Crippen LogP contribution in [0.15, 0.2) is 170 Å². The molecular formula is C48H28. The van der Waals surface area contributed by atoms with E-state index in [9.17, 15) is 0 Å². The third kappa shape index (κ3) is 3.44. The first-order valence-corrected chi connectivity index (χ1v) is 16.8. The Morgan fingerprint density at radius 2 is 0.542 bits per heavy atom. The van der Waals surface area contributed by atoms with Crippen LogP contribution in [0.25, 0.3) is 109 Å². The van der Waals surface area contributed by atoms with E-state index < -0.39 is 0 Å². The lowest BCUT2D eigenvalue weighted by atomic mass is 9.86. The molecular weight excluding hydrogens is 577 g/mol. The molecule has 48 heavy (non-hydrogen) atoms. The van der Waals surface area contributed by atoms with Gasteiger partial charge in [0.1, 0.15) is 0 Å². The number of benzene rings is 10. The highest BCUT2D eigenvalue weighted by molar-refractivity contribution is 6.38. The third-order valence-corrected chi connectivity index (χ3v) is 10.8. The molecule has 0 nitrogen and oxygen atoms in total. The minimum absolute atomic E-state index is 1.26. The molecule has 0 aromatic heterocycles. The van der Waals surface area contributed by atoms with Crippen molar-refractivity contribution in [3.8, 4) is 44.5 Å². The Labute approximate surface area is 278 Å². The molecule has 220 valence electrons. The van der Waals surface area contributed by atoms with Gasteiger partial charge in [-0.25, -0.2) is 0 Å². The SMILES string of the molecule is c1ccc2c(-c3ccc4c5c3ccc3c(-c6cccc7ccccc67)cc6c(-c7cccc8ccccc78)ccc-4c6c35)cccc2c1. The van der Waals surface area contributed by atoms with Crippen molar-refractivity contribution in [2.45, 2.75) is 0 Å². The topological polar surface area (TPSA) is 0 Å². The Morgan fingerprint density at radius 3 is 1.06 bits per heavy atom. The lowest BCUT2D eigenvalue weighted by molar-refractivity contribution is 1.68. The third-order valence-electron chi connectivity index (χ3n) is 10.8. The first-order chi connectivity index (χ1) is 23.8. The Balaban J connectivity index is 1.32. The van der Waals surface area contributed by atoms with E-state index >= 15 is 0 Å². The minimum atomic E-state index is 1.26. The van der Waals surface area contributed by atoms with Crippen LogP contribution in [-0.4, -0.2) is 0 Å². The quantitative estimate of drug-likeness (QED) is 0.176. The summed E-state index contributed by atoms with van der Waals surface area (Å²) in [6.45, 7) is 0. The zero-order chi connectivity index (χ0) is 31.3. The molecule has 0 N–H and O–H groups in total. The van der Waals surface area contributed by atoms with Crippen LogP contribution in [0.4, 0.5) is 0 Å². The van der Waals surface area contributed by atoms with Crippen LogP contribution < -0.4 is 0 Å². The molecule has 0 fully saturated rings. The first-order valence-electron chi connectivity index (χ1n) is 16.8. The van der Waals surface area contributed by atoms with Gasteiger partial charge in [-0.1, -0.05) is 164 Å². The van der Waals surface area contributed by atoms with Crippen molar-refractivity contribution >= 4 is 64.6 Å². The van der Waals surface area contributed by atoms with E-state index in [-0.39, 0.29) is 0 Å². The Kier molecular flexibility index (Phi) is 5.20. The summed E-state index contributed by atoms with van der Waals surface area (Å²) >= 11 is 0. The van der Waals surface area contributed by atoms with Gasteiger partial charge in [-0.05, 0) is 115 Å². The summed E-state index contributed by atoms with van der Waals surface area (Å²) in [5.41, 5.74) is 10.4. The highest BCUT2D eigenvalue weighted by atomic mass is 14.3. The monoisotopic (exact) mass is 604 g/mol. The van der Waals surface area contributed by atoms with Crippen LogP contribution >= 0.6 is 0 Å². The van der Waals surface area contributed by atoms with Gasteiger partial charge in [-0.15, -0.1) is 0 Å². The second-order valence-corrected chi connectivity index (χ2v) is 13.2. The number of hydrogen-bond donors (Lipinski definition) is 0. The van der Waals surface area contributed by atoms with Gasteiger partial charge >= 0.3 is 0 Å². The predicted octanol–water partition coefficient (Wildman–Crippen LogP) is 13.6. The average molecular weight is 605 g/mol. The molecule has 0 heterocycles. The van der Waals surface area contributed by atoms with Crippen molar-refractivity contribution in [3.63, 3.8) is 0 Å². The molecule has 10 aromatic rings. The van der Waals surface area contributed by atoms with Crippen LogP contribution in [0.5, 0.6) is 0 Å². The molecule has 0 amide bonds. The summed E-state index contributed by atoms with van der Waals surface area (Å²) in [6.07, 6.45) is 0. The van der Waals surface area contributed by atoms with Gasteiger partial charge in [0.25, 0.3) is 0 Å². The molecule has 11 rings (SSSR count). The van der Waals surface area contributed by atoms with Crippen molar-refractivity contribution in [2.75, 3.05) is 0 Å². The maximum atomic E-state index is 2.49. The smallest absolute Gasteiger partial charge is 0.000762 e. The van der Waals surface area contributed by atoms with Crippen LogP contribution in [-0.2, 0) is 0 Å². The van der Waals surface area contributed by atoms with E-state index in [2.05, 4.69) is 170 Å². The van der Waals surface area contributed by atoms with Crippen molar-refractivity contribution in [1.82, 2.24) is 0 Å². The molecule has 0 atom stereocenters. The molecule has 0 saturated carbocycles. The largest absolute Gasteiger partial charge is 0.0616 e. The van der Waals surface area contributed by atoms with Gasteiger partial charge < -0.3 is 0 Å². The van der Waals surface area contributed by atoms with Gasteiger partial charge in [0, 0.05) is 0 Å². The molecule has 0 spiro atoms. The summed E-state index contributed by atoms with van der Waals surface area (Å²) in [5.74, 6) is 0. The minimum Gasteiger partial charge on any atom is -0.0616 e. The fraction of sp³-hybridized carbons (Fsp3) is 0. The highest BCUT2D eigenvalue weighted by Gasteiger charge is 2.26. The molecule has 0 saturated heterocycles. The summed E-state index contributed by atoms with van der Waals surface area (Å²) < 4.78 is 0. The van der Waals surface area contributed by atoms with Crippen LogP contribution in [0.2, 0.25) is 0 Å². The Morgan fingerprint density at radius 1 is 0.188 bits per heavy atom. The molecule has 0 unspecified atom stereocenters. The first kappa shape index (κ1) is 25.9. The molecule has 1 aliphatic rings. The highest BCUT2D eigenvalue weighted by Crippen LogP contribution is 2.54. The summed E-state index contributed by atoms with van der Waals surface area (Å²) in [4.78, 5) is 0. The van der Waals surface area contributed by atoms with E-state index in [0.29, 0.717) is 0 Å². The van der Waals surface area contributed by atoms with Gasteiger partial charge in [0.15, 0.2) is 0 Å². The van der Waals surface area contributed by atoms with Crippen LogP contribution in [0.3, 0.4) is 0 Å². The van der Waals surface area contributed by atoms with E-state index in [1.54, 1.807) is 0 Å². The van der Waals surface area contributed by atoms with Gasteiger partial charge in [0.2, 0.25) is 0 Å². The molecule has 0 heteroatoms. The fourth-order valence-electron chi connectivity index (χ4n) is 8.71. The van der Waals surface area contributed by atoms with Crippen molar-refractivity contribution in [3.05, 3.63) is 170 Å². The average Bonchev–Trinajstić information content (AvgIpc) is 3.50. The van der Waals surface area contributed by atoms with E-state index in [4.69, 9.17) is 0 Å². The molecule has 0 bridgehead atoms. The number of hydrogen-bond acceptors (Lipinski definition) is 0. The van der Waals surface area contributed by atoms with E-state index in [0.717, 1.165) is 0 Å². The molecule has 1 aliphatic carbocycles. The fourth-order valence-corrected chi connectivity index (χ4v) is 8.71. The normalized spacial score (nSPS) is 12.2. The second kappa shape index (κ2) is 9.64. The number of fused-ring (bicyclic) bond motifs is 4. The van der Waals surface area contributed by atoms with Gasteiger partial charge in [-0.2, -0.15) is 0 Å². The van der Waals surface area contributed by atoms with Crippen molar-refractivity contribution < 1.29 is 0 Å². The van der Waals surface area contributed by atoms with Crippen LogP contribution in [0.1, 0.15) is 0 Å². The molecule has 0 aliphatic heterocycles. The number of rotatable bonds is 3. The maximum absolute atomic E-state index is 2.49. The Bertz CT molecular complexity index is 2960. The molecule has 0 radical (unpaired) electrons. The Hall–Kier alpha value is -6.24. The van der Waals surface area contributed by atoms with Crippen LogP contribution in [0, 0.1) is 0 Å². The standard InChI is InChI=1S/C48H28/c1-4-16-32-29(10-1)13-7-19-35(32)38-22-24-41-42-25-23-39(36-20-8-14-30-11-2-5-17-33(30)36)45-28-44(37-21-9-15-31-12-3-6-18-34(31)37)43-27-26-40(38)46(41)48(43)47(42)45/h1-28H.